The van der Waals surface area contributed by atoms with Gasteiger partial charge in [0.1, 0.15) is 5.60 Å². The highest BCUT2D eigenvalue weighted by molar-refractivity contribution is 5.86. The molecule has 18 heavy (non-hydrogen) atoms. The zero-order valence-electron chi connectivity index (χ0n) is 12.3. The van der Waals surface area contributed by atoms with Gasteiger partial charge >= 0.3 is 11.9 Å². The van der Waals surface area contributed by atoms with Crippen LogP contribution >= 0.6 is 0 Å². The lowest BCUT2D eigenvalue weighted by molar-refractivity contribution is -0.178. The summed E-state index contributed by atoms with van der Waals surface area (Å²) < 4.78 is 10.8. The summed E-state index contributed by atoms with van der Waals surface area (Å²) in [7, 11) is 0. The fourth-order valence-electron chi connectivity index (χ4n) is 1.92. The van der Waals surface area contributed by atoms with Crippen LogP contribution in [0.5, 0.6) is 0 Å². The van der Waals surface area contributed by atoms with E-state index in [1.54, 1.807) is 6.92 Å². The van der Waals surface area contributed by atoms with Gasteiger partial charge in [0.25, 0.3) is 0 Å². The predicted octanol–water partition coefficient (Wildman–Crippen LogP) is 2.84. The van der Waals surface area contributed by atoms with Crippen molar-refractivity contribution in [3.05, 3.63) is 0 Å². The van der Waals surface area contributed by atoms with Crippen molar-refractivity contribution in [2.45, 2.75) is 72.0 Å². The molecule has 0 aromatic heterocycles. The van der Waals surface area contributed by atoms with E-state index in [2.05, 4.69) is 0 Å². The first-order valence-corrected chi connectivity index (χ1v) is 6.55. The maximum atomic E-state index is 12.1. The second-order valence-electron chi connectivity index (χ2n) is 6.23. The van der Waals surface area contributed by atoms with Gasteiger partial charge in [-0.15, -0.1) is 0 Å². The van der Waals surface area contributed by atoms with E-state index in [-0.39, 0.29) is 5.97 Å². The molecule has 2 unspecified atom stereocenters. The number of carbonyl (C=O) groups is 2. The van der Waals surface area contributed by atoms with E-state index in [1.165, 1.54) is 0 Å². The Morgan fingerprint density at radius 1 is 1.39 bits per heavy atom. The zero-order valence-corrected chi connectivity index (χ0v) is 12.3. The van der Waals surface area contributed by atoms with Crippen LogP contribution in [0, 0.1) is 5.41 Å². The van der Waals surface area contributed by atoms with Gasteiger partial charge in [0.05, 0.1) is 5.41 Å². The average molecular weight is 256 g/mol. The zero-order chi connectivity index (χ0) is 14.2. The molecule has 2 atom stereocenters. The van der Waals surface area contributed by atoms with Crippen LogP contribution in [0.1, 0.15) is 60.8 Å². The third-order valence-electron chi connectivity index (χ3n) is 3.98. The van der Waals surface area contributed by atoms with Gasteiger partial charge in [0, 0.05) is 6.42 Å². The minimum atomic E-state index is -1.14. The number of hydrogen-bond acceptors (Lipinski definition) is 4. The predicted molar refractivity (Wildman–Crippen MR) is 68.0 cm³/mol. The first-order chi connectivity index (χ1) is 8.08. The molecule has 0 aliphatic carbocycles. The Balaban J connectivity index is 2.84. The molecule has 1 aliphatic heterocycles. The minimum absolute atomic E-state index is 0.343. The van der Waals surface area contributed by atoms with Gasteiger partial charge in [0.15, 0.2) is 0 Å². The number of ether oxygens (including phenoxy) is 2. The van der Waals surface area contributed by atoms with Crippen LogP contribution < -0.4 is 0 Å². The summed E-state index contributed by atoms with van der Waals surface area (Å²) >= 11 is 0. The molecule has 4 heteroatoms. The number of cyclic esters (lactones) is 1. The summed E-state index contributed by atoms with van der Waals surface area (Å²) in [4.78, 5) is 24.0. The van der Waals surface area contributed by atoms with Gasteiger partial charge in [0.2, 0.25) is 5.60 Å². The van der Waals surface area contributed by atoms with Gasteiger partial charge in [-0.1, -0.05) is 13.8 Å². The fourth-order valence-corrected chi connectivity index (χ4v) is 1.92. The molecule has 1 fully saturated rings. The molecule has 0 N–H and O–H groups in total. The van der Waals surface area contributed by atoms with Gasteiger partial charge < -0.3 is 9.47 Å². The Bertz CT molecular complexity index is 361. The lowest BCUT2D eigenvalue weighted by atomic mass is 9.88. The van der Waals surface area contributed by atoms with Crippen molar-refractivity contribution in [3.63, 3.8) is 0 Å². The molecule has 1 rings (SSSR count). The SMILES string of the molecule is CCC1(C)CC(C)(OC(=O)C(C)(C)CC)C(=O)O1. The first kappa shape index (κ1) is 15.0. The fraction of sp³-hybridized carbons (Fsp3) is 0.857. The van der Waals surface area contributed by atoms with Crippen LogP contribution in [-0.4, -0.2) is 23.1 Å². The van der Waals surface area contributed by atoms with E-state index in [4.69, 9.17) is 9.47 Å². The van der Waals surface area contributed by atoms with Crippen LogP contribution in [0.2, 0.25) is 0 Å². The molecule has 104 valence electrons. The molecule has 0 aromatic carbocycles. The van der Waals surface area contributed by atoms with Crippen LogP contribution in [0.4, 0.5) is 0 Å². The second-order valence-corrected chi connectivity index (χ2v) is 6.23. The Morgan fingerprint density at radius 3 is 2.33 bits per heavy atom. The van der Waals surface area contributed by atoms with Crippen LogP contribution in [-0.2, 0) is 19.1 Å². The third kappa shape index (κ3) is 2.68. The number of rotatable bonds is 4. The Labute approximate surface area is 109 Å². The van der Waals surface area contributed by atoms with Crippen LogP contribution in [0.15, 0.2) is 0 Å². The summed E-state index contributed by atoms with van der Waals surface area (Å²) in [6.07, 6.45) is 1.80. The highest BCUT2D eigenvalue weighted by Gasteiger charge is 2.54. The smallest absolute Gasteiger partial charge is 0.351 e. The molecule has 0 spiro atoms. The number of hydrogen-bond donors (Lipinski definition) is 0. The van der Waals surface area contributed by atoms with Crippen molar-refractivity contribution in [2.75, 3.05) is 0 Å². The van der Waals surface area contributed by atoms with E-state index in [0.717, 1.165) is 0 Å². The summed E-state index contributed by atoms with van der Waals surface area (Å²) in [5.41, 5.74) is -2.24. The largest absolute Gasteiger partial charge is 0.456 e. The standard InChI is InChI=1S/C14H24O4/c1-7-12(3,4)10(15)18-14(6)9-13(5,8-2)17-11(14)16/h7-9H2,1-6H3. The first-order valence-electron chi connectivity index (χ1n) is 6.55. The molecule has 1 heterocycles. The molecule has 0 amide bonds. The molecular formula is C14H24O4. The normalized spacial score (nSPS) is 32.2. The third-order valence-corrected chi connectivity index (χ3v) is 3.98. The monoisotopic (exact) mass is 256 g/mol. The van der Waals surface area contributed by atoms with Gasteiger partial charge in [-0.2, -0.15) is 0 Å². The summed E-state index contributed by atoms with van der Waals surface area (Å²) in [6.45, 7) is 11.0. The van der Waals surface area contributed by atoms with Gasteiger partial charge in [-0.3, -0.25) is 4.79 Å². The molecule has 0 saturated carbocycles. The van der Waals surface area contributed by atoms with E-state index >= 15 is 0 Å². The molecule has 1 aliphatic rings. The Morgan fingerprint density at radius 2 is 1.94 bits per heavy atom. The molecular weight excluding hydrogens is 232 g/mol. The van der Waals surface area contributed by atoms with Crippen LogP contribution in [0.25, 0.3) is 0 Å². The van der Waals surface area contributed by atoms with Gasteiger partial charge in [-0.25, -0.2) is 4.79 Å². The molecule has 0 aromatic rings. The average Bonchev–Trinajstić information content (AvgIpc) is 2.50. The topological polar surface area (TPSA) is 52.6 Å². The summed E-state index contributed by atoms with van der Waals surface area (Å²) in [5, 5.41) is 0. The molecule has 4 nitrogen and oxygen atoms in total. The maximum absolute atomic E-state index is 12.1. The molecule has 0 bridgehead atoms. The maximum Gasteiger partial charge on any atom is 0.351 e. The van der Waals surface area contributed by atoms with E-state index in [9.17, 15) is 9.59 Å². The van der Waals surface area contributed by atoms with Crippen molar-refractivity contribution in [1.82, 2.24) is 0 Å². The lowest BCUT2D eigenvalue weighted by Crippen LogP contribution is -2.41. The summed E-state index contributed by atoms with van der Waals surface area (Å²) in [6, 6.07) is 0. The van der Waals surface area contributed by atoms with E-state index in [0.29, 0.717) is 19.3 Å². The number of esters is 2. The lowest BCUT2D eigenvalue weighted by Gasteiger charge is -2.28. The van der Waals surface area contributed by atoms with Crippen molar-refractivity contribution in [1.29, 1.82) is 0 Å². The van der Waals surface area contributed by atoms with Gasteiger partial charge in [-0.05, 0) is 40.5 Å². The molecule has 1 saturated heterocycles. The summed E-state index contributed by atoms with van der Waals surface area (Å²) in [5.74, 6) is -0.781. The highest BCUT2D eigenvalue weighted by Crippen LogP contribution is 2.39. The Kier molecular flexibility index (Phi) is 3.80. The van der Waals surface area contributed by atoms with Crippen LogP contribution in [0.3, 0.4) is 0 Å². The van der Waals surface area contributed by atoms with Crippen molar-refractivity contribution >= 4 is 11.9 Å². The minimum Gasteiger partial charge on any atom is -0.456 e. The quantitative estimate of drug-likeness (QED) is 0.726. The molecule has 0 radical (unpaired) electrons. The Hall–Kier alpha value is -1.06. The number of carbonyl (C=O) groups excluding carboxylic acids is 2. The van der Waals surface area contributed by atoms with E-state index in [1.807, 2.05) is 34.6 Å². The van der Waals surface area contributed by atoms with Crippen molar-refractivity contribution in [3.8, 4) is 0 Å². The highest BCUT2D eigenvalue weighted by atomic mass is 16.6. The van der Waals surface area contributed by atoms with E-state index < -0.39 is 22.6 Å². The van der Waals surface area contributed by atoms with Crippen molar-refractivity contribution < 1.29 is 19.1 Å². The second kappa shape index (κ2) is 4.56. The van der Waals surface area contributed by atoms with Crippen molar-refractivity contribution in [2.24, 2.45) is 5.41 Å².